The largest absolute Gasteiger partial charge is 1.00 e. The van der Waals surface area contributed by atoms with Crippen LogP contribution in [0.4, 0.5) is 0 Å². The van der Waals surface area contributed by atoms with Crippen LogP contribution in [-0.4, -0.2) is 17.6 Å². The zero-order valence-electron chi connectivity index (χ0n) is 5.36. The second-order valence-corrected chi connectivity index (χ2v) is 3.88. The first-order valence-corrected chi connectivity index (χ1v) is 4.10. The van der Waals surface area contributed by atoms with Gasteiger partial charge in [0.25, 0.3) is 0 Å². The summed E-state index contributed by atoms with van der Waals surface area (Å²) in [5.41, 5.74) is 0. The molecule has 0 spiro atoms. The number of hydrogen-bond donors (Lipinski definition) is 1. The molecule has 0 heterocycles. The van der Waals surface area contributed by atoms with Gasteiger partial charge in [0.1, 0.15) is 10.1 Å². The minimum atomic E-state index is -4.14. The van der Waals surface area contributed by atoms with Gasteiger partial charge in [-0.2, -0.15) is 12.6 Å². The average Bonchev–Trinajstić information content (AvgIpc) is 1.62. The van der Waals surface area contributed by atoms with Crippen LogP contribution in [0.2, 0.25) is 0 Å². The van der Waals surface area contributed by atoms with Gasteiger partial charge in [0.05, 0.1) is 4.58 Å². The second kappa shape index (κ2) is 4.98. The van der Waals surface area contributed by atoms with Crippen LogP contribution in [0.1, 0.15) is 13.3 Å². The van der Waals surface area contributed by atoms with Gasteiger partial charge in [0.2, 0.25) is 0 Å². The van der Waals surface area contributed by atoms with E-state index in [9.17, 15) is 13.0 Å². The van der Waals surface area contributed by atoms with Gasteiger partial charge >= 0.3 is 29.6 Å². The molecule has 0 aliphatic heterocycles. The van der Waals surface area contributed by atoms with Crippen LogP contribution < -0.4 is 29.6 Å². The Morgan fingerprint density at radius 1 is 1.67 bits per heavy atom. The van der Waals surface area contributed by atoms with E-state index in [1.807, 2.05) is 0 Å². The smallest absolute Gasteiger partial charge is 0.747 e. The van der Waals surface area contributed by atoms with Crippen molar-refractivity contribution in [3.05, 3.63) is 0 Å². The molecular weight excluding hydrogens is 171 g/mol. The van der Waals surface area contributed by atoms with Crippen LogP contribution in [0.15, 0.2) is 0 Å². The first-order chi connectivity index (χ1) is 3.48. The van der Waals surface area contributed by atoms with Crippen molar-refractivity contribution in [2.75, 3.05) is 0 Å². The van der Waals surface area contributed by atoms with Gasteiger partial charge in [-0.1, -0.05) is 6.92 Å². The molecule has 6 heteroatoms. The summed E-state index contributed by atoms with van der Waals surface area (Å²) in [6, 6.07) is 0. The van der Waals surface area contributed by atoms with Gasteiger partial charge < -0.3 is 4.55 Å². The minimum absolute atomic E-state index is 0. The molecule has 9 heavy (non-hydrogen) atoms. The Labute approximate surface area is 82.7 Å². The Balaban J connectivity index is 0. The van der Waals surface area contributed by atoms with Crippen molar-refractivity contribution in [2.45, 2.75) is 17.9 Å². The maximum atomic E-state index is 9.93. The summed E-state index contributed by atoms with van der Waals surface area (Å²) in [6.45, 7) is 1.59. The third kappa shape index (κ3) is 5.69. The maximum absolute atomic E-state index is 9.93. The van der Waals surface area contributed by atoms with E-state index in [1.165, 1.54) is 0 Å². The quantitative estimate of drug-likeness (QED) is 0.282. The Hall–Kier alpha value is 1.26. The van der Waals surface area contributed by atoms with Crippen molar-refractivity contribution in [3.63, 3.8) is 0 Å². The first-order valence-electron chi connectivity index (χ1n) is 2.11. The van der Waals surface area contributed by atoms with E-state index >= 15 is 0 Å². The molecule has 0 aliphatic rings. The third-order valence-electron chi connectivity index (χ3n) is 0.682. The third-order valence-corrected chi connectivity index (χ3v) is 2.82. The second-order valence-electron chi connectivity index (χ2n) is 1.36. The SMILES string of the molecule is CCC(S)S(=O)(=O)[O-].[Na+]. The number of rotatable bonds is 2. The Kier molecular flexibility index (Phi) is 7.14. The van der Waals surface area contributed by atoms with E-state index < -0.39 is 14.7 Å². The van der Waals surface area contributed by atoms with Crippen LogP contribution in [0.3, 0.4) is 0 Å². The zero-order valence-corrected chi connectivity index (χ0v) is 9.08. The first kappa shape index (κ1) is 12.9. The van der Waals surface area contributed by atoms with Crippen LogP contribution in [0.5, 0.6) is 0 Å². The molecule has 50 valence electrons. The van der Waals surface area contributed by atoms with Crippen molar-refractivity contribution < 1.29 is 42.5 Å². The van der Waals surface area contributed by atoms with E-state index in [1.54, 1.807) is 6.92 Å². The summed E-state index contributed by atoms with van der Waals surface area (Å²) >= 11 is 3.51. The summed E-state index contributed by atoms with van der Waals surface area (Å²) in [4.78, 5) is 0. The van der Waals surface area contributed by atoms with Gasteiger partial charge in [-0.3, -0.25) is 0 Å². The Morgan fingerprint density at radius 3 is 2.00 bits per heavy atom. The predicted octanol–water partition coefficient (Wildman–Crippen LogP) is -2.80. The molecule has 1 unspecified atom stereocenters. The molecule has 0 aromatic carbocycles. The summed E-state index contributed by atoms with van der Waals surface area (Å²) in [6.07, 6.45) is 0.259. The van der Waals surface area contributed by atoms with E-state index in [0.29, 0.717) is 0 Å². The van der Waals surface area contributed by atoms with Crippen molar-refractivity contribution >= 4 is 22.7 Å². The monoisotopic (exact) mass is 178 g/mol. The summed E-state index contributed by atoms with van der Waals surface area (Å²) in [7, 11) is -4.14. The maximum Gasteiger partial charge on any atom is 1.00 e. The molecule has 0 rings (SSSR count). The van der Waals surface area contributed by atoms with Crippen LogP contribution in [0, 0.1) is 0 Å². The normalized spacial score (nSPS) is 14.1. The molecule has 0 bridgehead atoms. The molecule has 0 saturated heterocycles. The average molecular weight is 178 g/mol. The number of thiol groups is 1. The van der Waals surface area contributed by atoms with E-state index in [4.69, 9.17) is 0 Å². The van der Waals surface area contributed by atoms with Gasteiger partial charge in [-0.05, 0) is 6.42 Å². The standard InChI is InChI=1S/C3H8O3S2.Na/c1-2-3(7)8(4,5)6;/h3,7H,2H2,1H3,(H,4,5,6);/q;+1/p-1. The Morgan fingerprint density at radius 2 is 2.00 bits per heavy atom. The molecule has 0 amide bonds. The van der Waals surface area contributed by atoms with Crippen molar-refractivity contribution in [1.82, 2.24) is 0 Å². The molecule has 0 radical (unpaired) electrons. The predicted molar refractivity (Wildman–Crippen MR) is 32.8 cm³/mol. The van der Waals surface area contributed by atoms with Crippen LogP contribution in [-0.2, 0) is 10.1 Å². The molecule has 0 N–H and O–H groups in total. The molecule has 3 nitrogen and oxygen atoms in total. The summed E-state index contributed by atoms with van der Waals surface area (Å²) in [5, 5.41) is 0. The van der Waals surface area contributed by atoms with E-state index in [-0.39, 0.29) is 36.0 Å². The van der Waals surface area contributed by atoms with E-state index in [0.717, 1.165) is 0 Å². The molecule has 1 atom stereocenters. The van der Waals surface area contributed by atoms with Crippen molar-refractivity contribution in [3.8, 4) is 0 Å². The van der Waals surface area contributed by atoms with Gasteiger partial charge in [0.15, 0.2) is 0 Å². The van der Waals surface area contributed by atoms with Crippen LogP contribution in [0.25, 0.3) is 0 Å². The zero-order chi connectivity index (χ0) is 6.78. The van der Waals surface area contributed by atoms with E-state index in [2.05, 4.69) is 12.6 Å². The minimum Gasteiger partial charge on any atom is -0.747 e. The molecular formula is C3H7NaO3S2. The Bertz CT molecular complexity index is 152. The molecule has 0 fully saturated rings. The topological polar surface area (TPSA) is 57.2 Å². The molecule has 0 aliphatic carbocycles. The number of hydrogen-bond acceptors (Lipinski definition) is 4. The molecule has 0 aromatic heterocycles. The van der Waals surface area contributed by atoms with Gasteiger partial charge in [0, 0.05) is 0 Å². The van der Waals surface area contributed by atoms with Gasteiger partial charge in [-0.25, -0.2) is 8.42 Å². The summed E-state index contributed by atoms with van der Waals surface area (Å²) < 4.78 is 28.8. The molecule has 0 aromatic rings. The van der Waals surface area contributed by atoms with Crippen molar-refractivity contribution in [1.29, 1.82) is 0 Å². The fourth-order valence-electron chi connectivity index (χ4n) is 0.204. The van der Waals surface area contributed by atoms with Crippen molar-refractivity contribution in [2.24, 2.45) is 0 Å². The van der Waals surface area contributed by atoms with Crippen LogP contribution >= 0.6 is 12.6 Å². The summed E-state index contributed by atoms with van der Waals surface area (Å²) in [5.74, 6) is 0. The van der Waals surface area contributed by atoms with Gasteiger partial charge in [-0.15, -0.1) is 0 Å². The fourth-order valence-corrected chi connectivity index (χ4v) is 0.612. The fraction of sp³-hybridized carbons (Fsp3) is 1.00. The molecule has 0 saturated carbocycles.